The molecule has 6 nitrogen and oxygen atoms in total. The van der Waals surface area contributed by atoms with Crippen LogP contribution in [0, 0.1) is 0 Å². The monoisotopic (exact) mass is 249 g/mol. The van der Waals surface area contributed by atoms with Gasteiger partial charge in [0.05, 0.1) is 6.61 Å². The molecule has 0 aliphatic carbocycles. The number of hydrogen-bond acceptors (Lipinski definition) is 3. The highest BCUT2D eigenvalue weighted by molar-refractivity contribution is 5.90. The van der Waals surface area contributed by atoms with Crippen molar-refractivity contribution in [1.82, 2.24) is 10.9 Å². The van der Waals surface area contributed by atoms with Crippen molar-refractivity contribution in [3.63, 3.8) is 0 Å². The molecule has 0 saturated carbocycles. The fraction of sp³-hybridized carbons (Fsp3) is 0.167. The molecule has 0 aromatic heterocycles. The Labute approximate surface area is 105 Å². The molecule has 0 radical (unpaired) electrons. The molecular weight excluding hydrogens is 234 g/mol. The number of amides is 3. The van der Waals surface area contributed by atoms with E-state index in [0.29, 0.717) is 5.69 Å². The van der Waals surface area contributed by atoms with Crippen LogP contribution < -0.4 is 16.2 Å². The van der Waals surface area contributed by atoms with Crippen molar-refractivity contribution < 1.29 is 14.7 Å². The zero-order valence-electron chi connectivity index (χ0n) is 9.93. The summed E-state index contributed by atoms with van der Waals surface area (Å²) in [6, 6.07) is 6.52. The number of urea groups is 1. The first-order valence-electron chi connectivity index (χ1n) is 5.33. The van der Waals surface area contributed by atoms with E-state index < -0.39 is 6.03 Å². The molecule has 96 valence electrons. The minimum atomic E-state index is -0.534. The highest BCUT2D eigenvalue weighted by Crippen LogP contribution is 2.11. The van der Waals surface area contributed by atoms with Gasteiger partial charge >= 0.3 is 6.03 Å². The van der Waals surface area contributed by atoms with Gasteiger partial charge in [-0.3, -0.25) is 10.2 Å². The van der Waals surface area contributed by atoms with E-state index in [1.807, 2.05) is 6.07 Å². The Morgan fingerprint density at radius 3 is 2.78 bits per heavy atom. The summed E-state index contributed by atoms with van der Waals surface area (Å²) in [6.07, 6.45) is 3.33. The first-order valence-corrected chi connectivity index (χ1v) is 5.33. The van der Waals surface area contributed by atoms with Crippen LogP contribution in [-0.4, -0.2) is 23.7 Å². The van der Waals surface area contributed by atoms with Gasteiger partial charge in [0, 0.05) is 12.6 Å². The molecule has 0 saturated heterocycles. The third-order valence-electron chi connectivity index (χ3n) is 1.91. The fourth-order valence-electron chi connectivity index (χ4n) is 1.22. The molecule has 0 fully saturated rings. The van der Waals surface area contributed by atoms with Crippen LogP contribution in [0.5, 0.6) is 0 Å². The number of hydrazine groups is 1. The fourth-order valence-corrected chi connectivity index (χ4v) is 1.22. The van der Waals surface area contributed by atoms with Gasteiger partial charge in [-0.05, 0) is 17.7 Å². The SMILES string of the molecule is CC(=O)NNC(=O)Nc1cccc(/C=C/CO)c1. The highest BCUT2D eigenvalue weighted by Gasteiger charge is 2.01. The minimum absolute atomic E-state index is 0.0410. The van der Waals surface area contributed by atoms with Crippen LogP contribution in [0.15, 0.2) is 30.3 Å². The molecule has 0 atom stereocenters. The summed E-state index contributed by atoms with van der Waals surface area (Å²) in [6.45, 7) is 1.25. The molecule has 6 heteroatoms. The van der Waals surface area contributed by atoms with Crippen LogP contribution in [0.3, 0.4) is 0 Å². The van der Waals surface area contributed by atoms with E-state index in [-0.39, 0.29) is 12.5 Å². The molecule has 1 aromatic rings. The number of aliphatic hydroxyl groups is 1. The molecule has 0 aliphatic heterocycles. The largest absolute Gasteiger partial charge is 0.392 e. The molecular formula is C12H15N3O3. The topological polar surface area (TPSA) is 90.5 Å². The lowest BCUT2D eigenvalue weighted by molar-refractivity contribution is -0.119. The number of benzene rings is 1. The number of nitrogens with one attached hydrogen (secondary N) is 3. The predicted molar refractivity (Wildman–Crippen MR) is 68.5 cm³/mol. The maximum absolute atomic E-state index is 11.3. The van der Waals surface area contributed by atoms with E-state index in [4.69, 9.17) is 5.11 Å². The first-order chi connectivity index (χ1) is 8.61. The number of carbonyl (C=O) groups excluding carboxylic acids is 2. The van der Waals surface area contributed by atoms with Crippen molar-refractivity contribution in [2.45, 2.75) is 6.92 Å². The smallest absolute Gasteiger partial charge is 0.337 e. The van der Waals surface area contributed by atoms with Gasteiger partial charge in [-0.25, -0.2) is 10.2 Å². The molecule has 0 aliphatic rings. The second-order valence-corrected chi connectivity index (χ2v) is 3.47. The lowest BCUT2D eigenvalue weighted by Crippen LogP contribution is -2.42. The Morgan fingerprint density at radius 1 is 1.33 bits per heavy atom. The average molecular weight is 249 g/mol. The number of aliphatic hydroxyl groups excluding tert-OH is 1. The van der Waals surface area contributed by atoms with Gasteiger partial charge < -0.3 is 10.4 Å². The van der Waals surface area contributed by atoms with Gasteiger partial charge in [0.15, 0.2) is 0 Å². The van der Waals surface area contributed by atoms with Crippen LogP contribution in [-0.2, 0) is 4.79 Å². The lowest BCUT2D eigenvalue weighted by Gasteiger charge is -2.07. The van der Waals surface area contributed by atoms with E-state index in [0.717, 1.165) is 5.56 Å². The molecule has 0 heterocycles. The quantitative estimate of drug-likeness (QED) is 0.599. The van der Waals surface area contributed by atoms with Crippen molar-refractivity contribution >= 4 is 23.7 Å². The Balaban J connectivity index is 2.58. The summed E-state index contributed by atoms with van der Waals surface area (Å²) in [5.74, 6) is -0.357. The first kappa shape index (κ1) is 13.7. The molecule has 4 N–H and O–H groups in total. The van der Waals surface area contributed by atoms with Gasteiger partial charge in [0.1, 0.15) is 0 Å². The van der Waals surface area contributed by atoms with E-state index in [1.54, 1.807) is 30.4 Å². The molecule has 1 aromatic carbocycles. The third-order valence-corrected chi connectivity index (χ3v) is 1.91. The summed E-state index contributed by atoms with van der Waals surface area (Å²) in [7, 11) is 0. The van der Waals surface area contributed by atoms with Crippen LogP contribution in [0.2, 0.25) is 0 Å². The van der Waals surface area contributed by atoms with E-state index in [2.05, 4.69) is 16.2 Å². The Morgan fingerprint density at radius 2 is 2.11 bits per heavy atom. The zero-order chi connectivity index (χ0) is 13.4. The number of anilines is 1. The van der Waals surface area contributed by atoms with Crippen molar-refractivity contribution in [3.8, 4) is 0 Å². The summed E-state index contributed by atoms with van der Waals surface area (Å²) >= 11 is 0. The third kappa shape index (κ3) is 5.13. The maximum Gasteiger partial charge on any atom is 0.337 e. The van der Waals surface area contributed by atoms with Crippen LogP contribution >= 0.6 is 0 Å². The minimum Gasteiger partial charge on any atom is -0.392 e. The normalized spacial score (nSPS) is 10.1. The van der Waals surface area contributed by atoms with Crippen molar-refractivity contribution in [3.05, 3.63) is 35.9 Å². The van der Waals surface area contributed by atoms with Crippen LogP contribution in [0.1, 0.15) is 12.5 Å². The van der Waals surface area contributed by atoms with Gasteiger partial charge in [-0.15, -0.1) is 0 Å². The van der Waals surface area contributed by atoms with Crippen molar-refractivity contribution in [2.75, 3.05) is 11.9 Å². The van der Waals surface area contributed by atoms with Gasteiger partial charge in [-0.2, -0.15) is 0 Å². The molecule has 0 bridgehead atoms. The van der Waals surface area contributed by atoms with E-state index in [1.165, 1.54) is 6.92 Å². The van der Waals surface area contributed by atoms with Gasteiger partial charge in [0.2, 0.25) is 5.91 Å². The number of rotatable bonds is 3. The Kier molecular flexibility index (Phi) is 5.40. The second-order valence-electron chi connectivity index (χ2n) is 3.47. The van der Waals surface area contributed by atoms with E-state index >= 15 is 0 Å². The maximum atomic E-state index is 11.3. The molecule has 1 rings (SSSR count). The summed E-state index contributed by atoms with van der Waals surface area (Å²) in [4.78, 5) is 21.9. The van der Waals surface area contributed by atoms with Gasteiger partial charge in [0.25, 0.3) is 0 Å². The summed E-state index contributed by atoms with van der Waals surface area (Å²) in [5.41, 5.74) is 5.78. The zero-order valence-corrected chi connectivity index (χ0v) is 9.93. The second kappa shape index (κ2) is 7.08. The summed E-state index contributed by atoms with van der Waals surface area (Å²) < 4.78 is 0. The molecule has 0 spiro atoms. The highest BCUT2D eigenvalue weighted by atomic mass is 16.2. The molecule has 0 unspecified atom stereocenters. The standard InChI is InChI=1S/C12H15N3O3/c1-9(17)14-15-12(18)13-11-6-2-4-10(8-11)5-3-7-16/h2-6,8,16H,7H2,1H3,(H,14,17)(H2,13,15,18)/b5-3+. The Hall–Kier alpha value is -2.34. The van der Waals surface area contributed by atoms with E-state index in [9.17, 15) is 9.59 Å². The lowest BCUT2D eigenvalue weighted by atomic mass is 10.2. The average Bonchev–Trinajstić information content (AvgIpc) is 2.34. The molecule has 3 amide bonds. The Bertz CT molecular complexity index is 458. The number of hydrogen-bond donors (Lipinski definition) is 4. The number of carbonyl (C=O) groups is 2. The molecule has 18 heavy (non-hydrogen) atoms. The van der Waals surface area contributed by atoms with Crippen LogP contribution in [0.4, 0.5) is 10.5 Å². The van der Waals surface area contributed by atoms with Crippen LogP contribution in [0.25, 0.3) is 6.08 Å². The predicted octanol–water partition coefficient (Wildman–Crippen LogP) is 0.865. The van der Waals surface area contributed by atoms with Gasteiger partial charge in [-0.1, -0.05) is 24.3 Å². The van der Waals surface area contributed by atoms with Crippen molar-refractivity contribution in [1.29, 1.82) is 0 Å². The van der Waals surface area contributed by atoms with Crippen molar-refractivity contribution in [2.24, 2.45) is 0 Å². The summed E-state index contributed by atoms with van der Waals surface area (Å²) in [5, 5.41) is 11.2.